The number of hydrogen-bond donors (Lipinski definition) is 3. The number of aliphatic hydroxyl groups excluding tert-OH is 1. The van der Waals surface area contributed by atoms with Crippen LogP contribution in [0, 0.1) is 0 Å². The van der Waals surface area contributed by atoms with E-state index in [9.17, 15) is 51.0 Å². The summed E-state index contributed by atoms with van der Waals surface area (Å²) in [6.07, 6.45) is -8.43. The number of hydrogen-bond acceptors (Lipinski definition) is 10. The molecular formula is C23H29F5N4O8S. The summed E-state index contributed by atoms with van der Waals surface area (Å²) in [6, 6.07) is -0.00344. The Morgan fingerprint density at radius 1 is 1.24 bits per heavy atom. The molecule has 0 aliphatic carbocycles. The van der Waals surface area contributed by atoms with Gasteiger partial charge in [0.05, 0.1) is 17.5 Å². The minimum atomic E-state index is -5.29. The standard InChI is InChI=1S/C23H29F5N4O8S/c1-3-4-5-6-13(12(2)33)29-16(34)10-41-11-17(35)39-9-14-18(36)22(24,25)20(40-14)32-8-7-15(31-21(32)38)30-19(37)23(26,27)28/h7-8,13-14,18,20,36H,3-6,9-11H2,1-2H3,(H,29,34)(H,30,31,37,38)/t13?,14-,18+,20-/m1/s1. The number of ketones is 1. The van der Waals surface area contributed by atoms with Gasteiger partial charge in [-0.25, -0.2) is 4.79 Å². The number of anilines is 1. The lowest BCUT2D eigenvalue weighted by Gasteiger charge is -2.21. The maximum absolute atomic E-state index is 14.7. The lowest BCUT2D eigenvalue weighted by molar-refractivity contribution is -0.167. The summed E-state index contributed by atoms with van der Waals surface area (Å²) < 4.78 is 76.5. The van der Waals surface area contributed by atoms with Gasteiger partial charge in [0, 0.05) is 6.20 Å². The normalized spacial score (nSPS) is 20.7. The highest BCUT2D eigenvalue weighted by Gasteiger charge is 2.60. The van der Waals surface area contributed by atoms with E-state index in [2.05, 4.69) is 10.3 Å². The number of thioether (sulfide) groups is 1. The number of aliphatic hydroxyl groups is 1. The van der Waals surface area contributed by atoms with Gasteiger partial charge in [-0.3, -0.25) is 23.7 Å². The number of ether oxygens (including phenoxy) is 2. The highest BCUT2D eigenvalue weighted by atomic mass is 32.2. The molecule has 2 amide bonds. The molecule has 0 bridgehead atoms. The molecule has 12 nitrogen and oxygen atoms in total. The molecule has 3 N–H and O–H groups in total. The van der Waals surface area contributed by atoms with Crippen molar-refractivity contribution in [2.75, 3.05) is 23.4 Å². The van der Waals surface area contributed by atoms with Crippen molar-refractivity contribution in [3.8, 4) is 0 Å². The van der Waals surface area contributed by atoms with Crippen molar-refractivity contribution in [2.45, 2.75) is 76.1 Å². The zero-order valence-electron chi connectivity index (χ0n) is 21.9. The summed E-state index contributed by atoms with van der Waals surface area (Å²) in [5, 5.41) is 13.9. The van der Waals surface area contributed by atoms with Crippen LogP contribution in [0.1, 0.15) is 45.8 Å². The summed E-state index contributed by atoms with van der Waals surface area (Å²) >= 11 is 0.837. The first kappa shape index (κ1) is 34.1. The summed E-state index contributed by atoms with van der Waals surface area (Å²) in [7, 11) is 0. The van der Waals surface area contributed by atoms with Crippen LogP contribution < -0.4 is 16.3 Å². The summed E-state index contributed by atoms with van der Waals surface area (Å²) in [4.78, 5) is 62.0. The Hall–Kier alpha value is -3.12. The number of esters is 1. The number of alkyl halides is 5. The van der Waals surface area contributed by atoms with Gasteiger partial charge in [0.1, 0.15) is 18.5 Å². The Morgan fingerprint density at radius 2 is 1.93 bits per heavy atom. The van der Waals surface area contributed by atoms with E-state index < -0.39 is 72.5 Å². The Labute approximate surface area is 234 Å². The predicted molar refractivity (Wildman–Crippen MR) is 133 cm³/mol. The van der Waals surface area contributed by atoms with Crippen LogP contribution in [0.4, 0.5) is 27.8 Å². The number of nitrogens with zero attached hydrogens (tertiary/aromatic N) is 2. The minimum Gasteiger partial charge on any atom is -0.462 e. The fourth-order valence-electron chi connectivity index (χ4n) is 3.61. The second kappa shape index (κ2) is 14.7. The SMILES string of the molecule is CCCCCC(NC(=O)CSCC(=O)OC[C@H]1O[C@@H](n2ccc(NC(=O)C(F)(F)F)nc2=O)C(F)(F)[C@H]1O)C(C)=O. The molecule has 0 aromatic carbocycles. The average molecular weight is 617 g/mol. The van der Waals surface area contributed by atoms with Gasteiger partial charge in [0.2, 0.25) is 12.1 Å². The Bertz CT molecular complexity index is 1170. The van der Waals surface area contributed by atoms with Gasteiger partial charge in [0.25, 0.3) is 0 Å². The van der Waals surface area contributed by atoms with Crippen LogP contribution in [-0.2, 0) is 28.7 Å². The molecule has 1 aromatic heterocycles. The fourth-order valence-corrected chi connectivity index (χ4v) is 4.23. The molecular weight excluding hydrogens is 587 g/mol. The first-order valence-corrected chi connectivity index (χ1v) is 13.4. The van der Waals surface area contributed by atoms with Gasteiger partial charge < -0.3 is 25.2 Å². The molecule has 1 saturated heterocycles. The molecule has 230 valence electrons. The maximum Gasteiger partial charge on any atom is 0.471 e. The molecule has 0 radical (unpaired) electrons. The second-order valence-electron chi connectivity index (χ2n) is 9.00. The van der Waals surface area contributed by atoms with Crippen molar-refractivity contribution in [1.82, 2.24) is 14.9 Å². The van der Waals surface area contributed by atoms with Gasteiger partial charge in [-0.15, -0.1) is 11.8 Å². The van der Waals surface area contributed by atoms with E-state index in [0.717, 1.165) is 31.0 Å². The Balaban J connectivity index is 1.88. The maximum atomic E-state index is 14.7. The third-order valence-electron chi connectivity index (χ3n) is 5.75. The lowest BCUT2D eigenvalue weighted by Crippen LogP contribution is -2.42. The van der Waals surface area contributed by atoms with Gasteiger partial charge >= 0.3 is 29.7 Å². The molecule has 41 heavy (non-hydrogen) atoms. The van der Waals surface area contributed by atoms with Crippen LogP contribution in [-0.4, -0.2) is 86.7 Å². The number of carbonyl (C=O) groups excluding carboxylic acids is 4. The van der Waals surface area contributed by atoms with Gasteiger partial charge in [0.15, 0.2) is 11.9 Å². The molecule has 0 spiro atoms. The van der Waals surface area contributed by atoms with E-state index in [1.54, 1.807) is 0 Å². The molecule has 0 saturated carbocycles. The van der Waals surface area contributed by atoms with E-state index in [1.807, 2.05) is 6.92 Å². The van der Waals surface area contributed by atoms with Crippen LogP contribution in [0.25, 0.3) is 0 Å². The van der Waals surface area contributed by atoms with Crippen LogP contribution in [0.5, 0.6) is 0 Å². The van der Waals surface area contributed by atoms with Gasteiger partial charge in [-0.2, -0.15) is 26.9 Å². The molecule has 1 aliphatic heterocycles. The average Bonchev–Trinajstić information content (AvgIpc) is 3.09. The smallest absolute Gasteiger partial charge is 0.462 e. The summed E-state index contributed by atoms with van der Waals surface area (Å²) in [5.41, 5.74) is -1.52. The second-order valence-corrected chi connectivity index (χ2v) is 9.99. The Kier molecular flexibility index (Phi) is 12.2. The van der Waals surface area contributed by atoms with Crippen LogP contribution in [0.2, 0.25) is 0 Å². The van der Waals surface area contributed by atoms with E-state index in [4.69, 9.17) is 9.47 Å². The predicted octanol–water partition coefficient (Wildman–Crippen LogP) is 1.57. The summed E-state index contributed by atoms with van der Waals surface area (Å²) in [6.45, 7) is 2.49. The zero-order valence-corrected chi connectivity index (χ0v) is 22.7. The van der Waals surface area contributed by atoms with Crippen molar-refractivity contribution in [2.24, 2.45) is 0 Å². The van der Waals surface area contributed by atoms with Crippen LogP contribution in [0.15, 0.2) is 17.1 Å². The van der Waals surface area contributed by atoms with E-state index in [0.29, 0.717) is 18.7 Å². The molecule has 1 unspecified atom stereocenters. The third kappa shape index (κ3) is 9.74. The highest BCUT2D eigenvalue weighted by Crippen LogP contribution is 2.42. The quantitative estimate of drug-likeness (QED) is 0.159. The summed E-state index contributed by atoms with van der Waals surface area (Å²) in [5.74, 6) is -9.60. The minimum absolute atomic E-state index is 0.190. The number of rotatable bonds is 14. The molecule has 4 atom stereocenters. The number of halogens is 5. The number of nitrogens with one attached hydrogen (secondary N) is 2. The monoisotopic (exact) mass is 616 g/mol. The lowest BCUT2D eigenvalue weighted by atomic mass is 10.1. The van der Waals surface area contributed by atoms with Crippen molar-refractivity contribution >= 4 is 41.1 Å². The van der Waals surface area contributed by atoms with E-state index in [1.165, 1.54) is 12.2 Å². The molecule has 2 rings (SSSR count). The van der Waals surface area contributed by atoms with Crippen molar-refractivity contribution in [1.29, 1.82) is 0 Å². The molecule has 2 heterocycles. The molecule has 1 aromatic rings. The van der Waals surface area contributed by atoms with Crippen molar-refractivity contribution in [3.63, 3.8) is 0 Å². The number of amides is 2. The zero-order chi connectivity index (χ0) is 31.0. The van der Waals surface area contributed by atoms with E-state index >= 15 is 0 Å². The third-order valence-corrected chi connectivity index (χ3v) is 6.65. The van der Waals surface area contributed by atoms with Gasteiger partial charge in [-0.05, 0) is 19.4 Å². The molecule has 18 heteroatoms. The fraction of sp³-hybridized carbons (Fsp3) is 0.652. The largest absolute Gasteiger partial charge is 0.471 e. The van der Waals surface area contributed by atoms with Gasteiger partial charge in [-0.1, -0.05) is 26.2 Å². The van der Waals surface area contributed by atoms with Crippen LogP contribution in [0.3, 0.4) is 0 Å². The molecule has 1 aliphatic rings. The first-order valence-electron chi connectivity index (χ1n) is 12.3. The number of Topliss-reactive ketones (excluding diaryl/α,β-unsaturated/α-hetero) is 1. The van der Waals surface area contributed by atoms with E-state index in [-0.39, 0.29) is 21.9 Å². The topological polar surface area (TPSA) is 166 Å². The van der Waals surface area contributed by atoms with Crippen LogP contribution >= 0.6 is 11.8 Å². The van der Waals surface area contributed by atoms with Crippen molar-refractivity contribution in [3.05, 3.63) is 22.7 Å². The highest BCUT2D eigenvalue weighted by molar-refractivity contribution is 8.00. The number of unbranched alkanes of at least 4 members (excludes halogenated alkanes) is 2. The van der Waals surface area contributed by atoms with Crippen molar-refractivity contribution < 1.29 is 55.7 Å². The number of aromatic nitrogens is 2. The first-order chi connectivity index (χ1) is 19.1. The molecule has 1 fully saturated rings. The Morgan fingerprint density at radius 3 is 2.51 bits per heavy atom. The number of carbonyl (C=O) groups is 4.